The van der Waals surface area contributed by atoms with Crippen molar-refractivity contribution in [1.82, 2.24) is 34.4 Å². The molecule has 3 aromatic rings. The summed E-state index contributed by atoms with van der Waals surface area (Å²) in [6.45, 7) is 5.49. The lowest BCUT2D eigenvalue weighted by molar-refractivity contribution is 0.0932. The Kier molecular flexibility index (Phi) is 5.78. The molecule has 2 aromatic heterocycles. The van der Waals surface area contributed by atoms with Crippen LogP contribution < -0.4 is 11.0 Å². The van der Waals surface area contributed by atoms with Crippen LogP contribution in [0.15, 0.2) is 41.7 Å². The molecular formula is C21H27N7O2. The Bertz CT molecular complexity index is 1070. The highest BCUT2D eigenvalue weighted by Crippen LogP contribution is 2.16. The molecule has 1 atom stereocenters. The number of rotatable bonds is 6. The summed E-state index contributed by atoms with van der Waals surface area (Å²) < 4.78 is 4.93. The second-order valence-corrected chi connectivity index (χ2v) is 8.11. The van der Waals surface area contributed by atoms with Crippen molar-refractivity contribution in [1.29, 1.82) is 0 Å². The predicted molar refractivity (Wildman–Crippen MR) is 111 cm³/mol. The van der Waals surface area contributed by atoms with Crippen LogP contribution in [0.3, 0.4) is 0 Å². The molecule has 3 heterocycles. The summed E-state index contributed by atoms with van der Waals surface area (Å²) in [6, 6.07) is 7.29. The smallest absolute Gasteiger partial charge is 0.345 e. The van der Waals surface area contributed by atoms with E-state index in [1.54, 1.807) is 26.3 Å². The summed E-state index contributed by atoms with van der Waals surface area (Å²) in [5, 5.41) is 11.8. The zero-order valence-corrected chi connectivity index (χ0v) is 17.4. The molecule has 0 bridgehead atoms. The van der Waals surface area contributed by atoms with E-state index < -0.39 is 0 Å². The first-order chi connectivity index (χ1) is 14.5. The average molecular weight is 409 g/mol. The van der Waals surface area contributed by atoms with Crippen molar-refractivity contribution in [3.05, 3.63) is 58.8 Å². The summed E-state index contributed by atoms with van der Waals surface area (Å²) in [6.07, 6.45) is 6.05. The van der Waals surface area contributed by atoms with Crippen LogP contribution in [-0.2, 0) is 19.5 Å². The van der Waals surface area contributed by atoms with Crippen LogP contribution >= 0.6 is 0 Å². The third-order valence-corrected chi connectivity index (χ3v) is 5.48. The van der Waals surface area contributed by atoms with Crippen molar-refractivity contribution in [2.75, 3.05) is 0 Å². The molecular weight excluding hydrogens is 382 g/mol. The van der Waals surface area contributed by atoms with E-state index in [4.69, 9.17) is 0 Å². The number of carbonyl (C=O) groups is 1. The van der Waals surface area contributed by atoms with Crippen molar-refractivity contribution < 1.29 is 4.79 Å². The molecule has 1 amide bonds. The first kappa shape index (κ1) is 20.1. The lowest BCUT2D eigenvalue weighted by Gasteiger charge is -2.17. The number of nitrogens with one attached hydrogen (secondary N) is 1. The Hall–Kier alpha value is -3.23. The minimum absolute atomic E-state index is 0.0217. The average Bonchev–Trinajstić information content (AvgIpc) is 3.32. The van der Waals surface area contributed by atoms with Crippen molar-refractivity contribution in [2.45, 2.75) is 58.7 Å². The highest BCUT2D eigenvalue weighted by atomic mass is 16.2. The van der Waals surface area contributed by atoms with Gasteiger partial charge < -0.3 is 5.32 Å². The largest absolute Gasteiger partial charge is 0.349 e. The normalized spacial score (nSPS) is 16.3. The standard InChI is InChI=1S/C21H27N7O2/c1-15(2)9-12-27-21(30)26-11-10-16(7-8-19(26)25-27)24-20(29)17-5-3-4-6-18(17)28-14-22-13-23-28/h3-6,13-16H,7-12H2,1-2H3,(H,24,29). The fourth-order valence-corrected chi connectivity index (χ4v) is 3.76. The van der Waals surface area contributed by atoms with E-state index in [-0.39, 0.29) is 17.6 Å². The van der Waals surface area contributed by atoms with Crippen molar-refractivity contribution >= 4 is 5.91 Å². The van der Waals surface area contributed by atoms with Crippen LogP contribution in [0.2, 0.25) is 0 Å². The second kappa shape index (κ2) is 8.64. The molecule has 0 fully saturated rings. The Labute approximate surface area is 174 Å². The van der Waals surface area contributed by atoms with Crippen LogP contribution in [0.25, 0.3) is 5.69 Å². The van der Waals surface area contributed by atoms with Crippen LogP contribution in [0, 0.1) is 5.92 Å². The van der Waals surface area contributed by atoms with Gasteiger partial charge in [0, 0.05) is 25.6 Å². The number of amides is 1. The second-order valence-electron chi connectivity index (χ2n) is 8.11. The van der Waals surface area contributed by atoms with Crippen LogP contribution in [0.1, 0.15) is 49.3 Å². The lowest BCUT2D eigenvalue weighted by Crippen LogP contribution is -2.36. The van der Waals surface area contributed by atoms with E-state index >= 15 is 0 Å². The molecule has 0 radical (unpaired) electrons. The number of nitrogens with zero attached hydrogens (tertiary/aromatic N) is 6. The Balaban J connectivity index is 1.44. The van der Waals surface area contributed by atoms with Crippen LogP contribution in [0.4, 0.5) is 0 Å². The van der Waals surface area contributed by atoms with Crippen LogP contribution in [0.5, 0.6) is 0 Å². The van der Waals surface area contributed by atoms with E-state index in [2.05, 4.69) is 34.3 Å². The number of carbonyl (C=O) groups excluding carboxylic acids is 1. The fraction of sp³-hybridized carbons (Fsp3) is 0.476. The molecule has 9 nitrogen and oxygen atoms in total. The monoisotopic (exact) mass is 409 g/mol. The number of aromatic nitrogens is 6. The molecule has 9 heteroatoms. The third-order valence-electron chi connectivity index (χ3n) is 5.48. The third kappa shape index (κ3) is 4.19. The zero-order chi connectivity index (χ0) is 21.1. The molecule has 158 valence electrons. The van der Waals surface area contributed by atoms with Gasteiger partial charge in [0.1, 0.15) is 18.5 Å². The minimum atomic E-state index is -0.153. The summed E-state index contributed by atoms with van der Waals surface area (Å²) in [5.74, 6) is 1.18. The molecule has 4 rings (SSSR count). The number of hydrogen-bond donors (Lipinski definition) is 1. The fourth-order valence-electron chi connectivity index (χ4n) is 3.76. The van der Waals surface area contributed by atoms with Gasteiger partial charge in [0.25, 0.3) is 5.91 Å². The summed E-state index contributed by atoms with van der Waals surface area (Å²) in [4.78, 5) is 29.6. The molecule has 1 unspecified atom stereocenters. The van der Waals surface area contributed by atoms with Crippen molar-refractivity contribution in [3.8, 4) is 5.69 Å². The lowest BCUT2D eigenvalue weighted by atomic mass is 10.1. The molecule has 0 saturated heterocycles. The molecule has 1 N–H and O–H groups in total. The molecule has 0 spiro atoms. The van der Waals surface area contributed by atoms with Gasteiger partial charge >= 0.3 is 5.69 Å². The van der Waals surface area contributed by atoms with Crippen molar-refractivity contribution in [2.24, 2.45) is 5.92 Å². The van der Waals surface area contributed by atoms with Gasteiger partial charge in [0.05, 0.1) is 11.3 Å². The molecule has 1 aliphatic heterocycles. The Morgan fingerprint density at radius 2 is 2.10 bits per heavy atom. The van der Waals surface area contributed by atoms with E-state index in [0.29, 0.717) is 43.1 Å². The quantitative estimate of drug-likeness (QED) is 0.669. The Morgan fingerprint density at radius 3 is 2.87 bits per heavy atom. The molecule has 0 saturated carbocycles. The highest BCUT2D eigenvalue weighted by Gasteiger charge is 2.23. The molecule has 30 heavy (non-hydrogen) atoms. The van der Waals surface area contributed by atoms with Crippen molar-refractivity contribution in [3.63, 3.8) is 0 Å². The van der Waals surface area contributed by atoms with Gasteiger partial charge in [-0.3, -0.25) is 9.36 Å². The minimum Gasteiger partial charge on any atom is -0.349 e. The number of fused-ring (bicyclic) bond motifs is 1. The summed E-state index contributed by atoms with van der Waals surface area (Å²) in [7, 11) is 0. The van der Waals surface area contributed by atoms with Crippen LogP contribution in [-0.4, -0.2) is 41.1 Å². The maximum absolute atomic E-state index is 13.0. The first-order valence-electron chi connectivity index (χ1n) is 10.4. The van der Waals surface area contributed by atoms with E-state index in [9.17, 15) is 9.59 Å². The van der Waals surface area contributed by atoms with E-state index in [1.807, 2.05) is 18.2 Å². The maximum Gasteiger partial charge on any atom is 0.345 e. The van der Waals surface area contributed by atoms with Gasteiger partial charge in [-0.25, -0.2) is 19.1 Å². The highest BCUT2D eigenvalue weighted by molar-refractivity contribution is 5.97. The number of para-hydroxylation sites is 1. The van der Waals surface area contributed by atoms with Gasteiger partial charge in [0.2, 0.25) is 0 Å². The Morgan fingerprint density at radius 1 is 1.27 bits per heavy atom. The summed E-state index contributed by atoms with van der Waals surface area (Å²) in [5.41, 5.74) is 1.18. The summed E-state index contributed by atoms with van der Waals surface area (Å²) >= 11 is 0. The number of benzene rings is 1. The van der Waals surface area contributed by atoms with Gasteiger partial charge in [-0.05, 0) is 37.3 Å². The van der Waals surface area contributed by atoms with E-state index in [1.165, 1.54) is 6.33 Å². The van der Waals surface area contributed by atoms with Gasteiger partial charge in [-0.2, -0.15) is 10.2 Å². The zero-order valence-electron chi connectivity index (χ0n) is 17.4. The van der Waals surface area contributed by atoms with Gasteiger partial charge in [-0.1, -0.05) is 26.0 Å². The topological polar surface area (TPSA) is 99.6 Å². The van der Waals surface area contributed by atoms with Gasteiger partial charge in [-0.15, -0.1) is 0 Å². The molecule has 1 aromatic carbocycles. The van der Waals surface area contributed by atoms with Gasteiger partial charge in [0.15, 0.2) is 0 Å². The maximum atomic E-state index is 13.0. The first-order valence-corrected chi connectivity index (χ1v) is 10.4. The predicted octanol–water partition coefficient (Wildman–Crippen LogP) is 1.81. The van der Waals surface area contributed by atoms with E-state index in [0.717, 1.165) is 18.7 Å². The molecule has 0 aliphatic carbocycles. The molecule has 1 aliphatic rings. The SMILES string of the molecule is CC(C)CCn1nc2n(c1=O)CCC(NC(=O)c1ccccc1-n1cncn1)CC2. The number of aryl methyl sites for hydroxylation is 2. The number of hydrogen-bond acceptors (Lipinski definition) is 5.